The molecule has 4 atom stereocenters. The number of allylic oxidation sites excluding steroid dienone is 1. The molecule has 8 rings (SSSR count). The number of hydrogen-bond donors (Lipinski definition) is 3. The third-order valence-electron chi connectivity index (χ3n) is 13.0. The Morgan fingerprint density at radius 2 is 1.59 bits per heavy atom. The molecule has 342 valence electrons. The number of hydrogen-bond acceptors (Lipinski definition) is 10. The number of sulfonamides is 1. The Bertz CT molecular complexity index is 2540. The number of anilines is 2. The van der Waals surface area contributed by atoms with Gasteiger partial charge in [0.15, 0.2) is 0 Å². The van der Waals surface area contributed by atoms with Crippen LogP contribution in [0.25, 0.3) is 5.57 Å². The van der Waals surface area contributed by atoms with Crippen LogP contribution in [0.5, 0.6) is 0 Å². The SMILES string of the molecule is O=C(NS(=O)(=O)c1ccc(N[C@H](CCC2C[C@H]3CN[C@@H]2C3)CSc2ccccc2)c(S(=O)(=O)C(F)(F)F)c1)c1ccc(N2CCN(CC3=C(c4ccc(Cl)cc4)CCCC3)CC2)cc1. The molecular weight excluding hydrogens is 903 g/mol. The number of amides is 1. The van der Waals surface area contributed by atoms with Crippen molar-refractivity contribution in [1.82, 2.24) is 14.9 Å². The first-order valence-corrected chi connectivity index (χ1v) is 26.2. The van der Waals surface area contributed by atoms with Crippen LogP contribution in [-0.4, -0.2) is 90.3 Å². The summed E-state index contributed by atoms with van der Waals surface area (Å²) in [6.45, 7) is 5.07. The summed E-state index contributed by atoms with van der Waals surface area (Å²) in [4.78, 5) is 16.9. The Balaban J connectivity index is 0.930. The van der Waals surface area contributed by atoms with Crippen molar-refractivity contribution in [2.45, 2.75) is 83.6 Å². The highest BCUT2D eigenvalue weighted by Crippen LogP contribution is 2.41. The zero-order valence-electron chi connectivity index (χ0n) is 35.3. The minimum Gasteiger partial charge on any atom is -0.380 e. The van der Waals surface area contributed by atoms with E-state index in [-0.39, 0.29) is 11.3 Å². The van der Waals surface area contributed by atoms with Gasteiger partial charge in [-0.15, -0.1) is 11.8 Å². The number of rotatable bonds is 16. The monoisotopic (exact) mass is 955 g/mol. The van der Waals surface area contributed by atoms with E-state index in [1.54, 1.807) is 12.1 Å². The largest absolute Gasteiger partial charge is 0.501 e. The standard InChI is InChI=1S/C47H53ClF3N5O5S3/c48-37-15-10-33(11-16-37)42-9-5-4-6-36(42)30-55-22-24-56(25-23-55)39-18-13-34(14-19-39)46(57)54-64(60,61)41-20-21-43(45(28-41)63(58,59)47(49,50)51)53-38(31-62-40-7-2-1-3-8-40)17-12-35-26-32-27-44(35)52-29-32/h1-3,7-8,10-11,13-16,18-21,28,32,35,38,44,52-53H,4-6,9,12,17,22-27,29-31H2,(H,54,57)/t32-,35?,38-,44-/m1/s1. The van der Waals surface area contributed by atoms with Crippen LogP contribution in [0.2, 0.25) is 5.02 Å². The number of alkyl halides is 3. The molecule has 2 saturated heterocycles. The van der Waals surface area contributed by atoms with Crippen molar-refractivity contribution in [2.75, 3.05) is 55.2 Å². The molecule has 1 saturated carbocycles. The first kappa shape index (κ1) is 46.5. The summed E-state index contributed by atoms with van der Waals surface area (Å²) in [5, 5.41) is 7.31. The van der Waals surface area contributed by atoms with E-state index >= 15 is 0 Å². The van der Waals surface area contributed by atoms with Crippen LogP contribution in [0.3, 0.4) is 0 Å². The van der Waals surface area contributed by atoms with E-state index in [4.69, 9.17) is 11.6 Å². The molecule has 64 heavy (non-hydrogen) atoms. The van der Waals surface area contributed by atoms with Crippen molar-refractivity contribution < 1.29 is 34.8 Å². The van der Waals surface area contributed by atoms with Crippen LogP contribution in [-0.2, 0) is 19.9 Å². The van der Waals surface area contributed by atoms with E-state index in [0.29, 0.717) is 36.1 Å². The maximum absolute atomic E-state index is 14.2. The van der Waals surface area contributed by atoms with Gasteiger partial charge in [0.2, 0.25) is 0 Å². The molecule has 17 heteroatoms. The number of piperidine rings is 1. The lowest BCUT2D eigenvalue weighted by atomic mass is 9.87. The van der Waals surface area contributed by atoms with Gasteiger partial charge in [-0.1, -0.05) is 47.5 Å². The fourth-order valence-electron chi connectivity index (χ4n) is 9.62. The quantitative estimate of drug-likeness (QED) is 0.0936. The van der Waals surface area contributed by atoms with Crippen LogP contribution in [0, 0.1) is 11.8 Å². The van der Waals surface area contributed by atoms with Crippen LogP contribution < -0.4 is 20.3 Å². The van der Waals surface area contributed by atoms with Crippen molar-refractivity contribution >= 4 is 66.1 Å². The number of benzene rings is 4. The normalized spacial score (nSPS) is 21.2. The minimum atomic E-state index is -6.03. The lowest BCUT2D eigenvalue weighted by molar-refractivity contribution is -0.0435. The number of nitrogens with zero attached hydrogens (tertiary/aromatic N) is 2. The number of sulfone groups is 1. The predicted octanol–water partition coefficient (Wildman–Crippen LogP) is 9.25. The molecule has 0 spiro atoms. The lowest BCUT2D eigenvalue weighted by Gasteiger charge is -2.37. The minimum absolute atomic E-state index is 0.00999. The number of halogens is 4. The Kier molecular flexibility index (Phi) is 14.4. The first-order valence-electron chi connectivity index (χ1n) is 21.9. The second-order valence-corrected chi connectivity index (χ2v) is 22.4. The molecule has 4 aliphatic rings. The van der Waals surface area contributed by atoms with Gasteiger partial charge in [0.1, 0.15) is 4.90 Å². The summed E-state index contributed by atoms with van der Waals surface area (Å²) in [5.41, 5.74) is -1.11. The van der Waals surface area contributed by atoms with Gasteiger partial charge in [0, 0.05) is 71.7 Å². The van der Waals surface area contributed by atoms with E-state index < -0.39 is 47.1 Å². The van der Waals surface area contributed by atoms with Gasteiger partial charge in [0.05, 0.1) is 10.6 Å². The van der Waals surface area contributed by atoms with E-state index in [1.807, 2.05) is 47.2 Å². The highest BCUT2D eigenvalue weighted by atomic mass is 35.5. The average Bonchev–Trinajstić information content (AvgIpc) is 3.92. The zero-order valence-corrected chi connectivity index (χ0v) is 38.5. The van der Waals surface area contributed by atoms with E-state index in [2.05, 4.69) is 32.6 Å². The number of carbonyl (C=O) groups excluding carboxylic acids is 1. The lowest BCUT2D eigenvalue weighted by Crippen LogP contribution is -2.47. The fraction of sp³-hybridized carbons (Fsp3) is 0.426. The highest BCUT2D eigenvalue weighted by molar-refractivity contribution is 7.99. The molecule has 2 heterocycles. The molecule has 10 nitrogen and oxygen atoms in total. The van der Waals surface area contributed by atoms with Gasteiger partial charge in [-0.25, -0.2) is 21.6 Å². The third-order valence-corrected chi connectivity index (χ3v) is 17.3. The van der Waals surface area contributed by atoms with Crippen molar-refractivity contribution in [3.63, 3.8) is 0 Å². The number of carbonyl (C=O) groups is 1. The van der Waals surface area contributed by atoms with E-state index in [0.717, 1.165) is 99.1 Å². The van der Waals surface area contributed by atoms with E-state index in [9.17, 15) is 34.8 Å². The molecule has 4 aromatic carbocycles. The molecule has 1 amide bonds. The number of piperazine rings is 1. The summed E-state index contributed by atoms with van der Waals surface area (Å²) < 4.78 is 97.9. The molecule has 2 bridgehead atoms. The average molecular weight is 957 g/mol. The molecule has 3 N–H and O–H groups in total. The molecule has 4 aromatic rings. The molecule has 0 radical (unpaired) electrons. The van der Waals surface area contributed by atoms with Crippen molar-refractivity contribution in [3.8, 4) is 0 Å². The molecule has 1 unspecified atom stereocenters. The van der Waals surface area contributed by atoms with Crippen LogP contribution in [0.4, 0.5) is 24.5 Å². The van der Waals surface area contributed by atoms with Crippen LogP contribution in [0.15, 0.2) is 117 Å². The second kappa shape index (κ2) is 19.8. The van der Waals surface area contributed by atoms with Gasteiger partial charge >= 0.3 is 5.51 Å². The third kappa shape index (κ3) is 11.0. The number of thioether (sulfide) groups is 1. The zero-order chi connectivity index (χ0) is 45.1. The number of nitrogens with one attached hydrogen (secondary N) is 3. The molecular formula is C47H53ClF3N5O5S3. The summed E-state index contributed by atoms with van der Waals surface area (Å²) in [6.07, 6.45) is 7.96. The Morgan fingerprint density at radius 1 is 0.875 bits per heavy atom. The van der Waals surface area contributed by atoms with Crippen LogP contribution in [0.1, 0.15) is 67.3 Å². The summed E-state index contributed by atoms with van der Waals surface area (Å²) in [6, 6.07) is 26.4. The summed E-state index contributed by atoms with van der Waals surface area (Å²) in [7, 11) is -10.9. The smallest absolute Gasteiger partial charge is 0.380 e. The first-order chi connectivity index (χ1) is 30.6. The molecule has 0 aromatic heterocycles. The van der Waals surface area contributed by atoms with Crippen molar-refractivity contribution in [1.29, 1.82) is 0 Å². The maximum atomic E-state index is 14.2. The molecule has 2 aliphatic carbocycles. The van der Waals surface area contributed by atoms with Crippen molar-refractivity contribution in [3.05, 3.63) is 119 Å². The topological polar surface area (TPSA) is 128 Å². The van der Waals surface area contributed by atoms with Crippen LogP contribution >= 0.6 is 23.4 Å². The summed E-state index contributed by atoms with van der Waals surface area (Å²) >= 11 is 7.64. The fourth-order valence-corrected chi connectivity index (χ4v) is 12.8. The Hall–Kier alpha value is -4.06. The van der Waals surface area contributed by atoms with Gasteiger partial charge in [0.25, 0.3) is 25.8 Å². The van der Waals surface area contributed by atoms with Crippen molar-refractivity contribution in [2.24, 2.45) is 11.8 Å². The van der Waals surface area contributed by atoms with Gasteiger partial charge < -0.3 is 15.5 Å². The molecule has 2 aliphatic heterocycles. The summed E-state index contributed by atoms with van der Waals surface area (Å²) in [5.74, 6) is 0.413. The second-order valence-electron chi connectivity index (χ2n) is 17.3. The van der Waals surface area contributed by atoms with E-state index in [1.165, 1.54) is 53.4 Å². The maximum Gasteiger partial charge on any atom is 0.501 e. The van der Waals surface area contributed by atoms with Gasteiger partial charge in [-0.3, -0.25) is 9.69 Å². The predicted molar refractivity (Wildman–Crippen MR) is 248 cm³/mol. The molecule has 3 fully saturated rings. The Labute approximate surface area is 383 Å². The van der Waals surface area contributed by atoms with Gasteiger partial charge in [-0.2, -0.15) is 13.2 Å². The Morgan fingerprint density at radius 3 is 2.27 bits per heavy atom. The highest BCUT2D eigenvalue weighted by Gasteiger charge is 2.48. The number of fused-ring (bicyclic) bond motifs is 2. The van der Waals surface area contributed by atoms with Gasteiger partial charge in [-0.05, 0) is 148 Å².